The number of carbonyl (C=O) groups is 1. The normalized spacial score (nSPS) is 15.4. The summed E-state index contributed by atoms with van der Waals surface area (Å²) in [6.45, 7) is 1.85. The molecule has 0 unspecified atom stereocenters. The van der Waals surface area contributed by atoms with Gasteiger partial charge < -0.3 is 5.32 Å². The fourth-order valence-corrected chi connectivity index (χ4v) is 3.55. The first-order chi connectivity index (χ1) is 9.70. The van der Waals surface area contributed by atoms with E-state index in [-0.39, 0.29) is 5.91 Å². The van der Waals surface area contributed by atoms with Gasteiger partial charge in [-0.3, -0.25) is 10.1 Å². The first-order valence-corrected chi connectivity index (χ1v) is 8.24. The number of hydrogen-bond acceptors (Lipinski definition) is 7. The van der Waals surface area contributed by atoms with Gasteiger partial charge in [-0.15, -0.1) is 21.5 Å². The van der Waals surface area contributed by atoms with Crippen LogP contribution in [0, 0.1) is 6.92 Å². The van der Waals surface area contributed by atoms with Gasteiger partial charge in [0.2, 0.25) is 5.13 Å². The summed E-state index contributed by atoms with van der Waals surface area (Å²) in [5.74, 6) is -0.239. The van der Waals surface area contributed by atoms with Gasteiger partial charge in [0.25, 0.3) is 5.91 Å². The molecule has 2 aromatic rings. The number of aryl methyl sites for hydroxylation is 1. The van der Waals surface area contributed by atoms with Crippen LogP contribution >= 0.6 is 22.7 Å². The van der Waals surface area contributed by atoms with E-state index in [1.807, 2.05) is 6.92 Å². The highest BCUT2D eigenvalue weighted by Gasteiger charge is 2.17. The maximum atomic E-state index is 12.0. The molecule has 1 fully saturated rings. The van der Waals surface area contributed by atoms with E-state index in [9.17, 15) is 4.79 Å². The Hall–Kier alpha value is -1.54. The number of amides is 1. The second kappa shape index (κ2) is 5.84. The summed E-state index contributed by atoms with van der Waals surface area (Å²) in [6, 6.07) is 0.503. The van der Waals surface area contributed by atoms with Crippen LogP contribution in [0.5, 0.6) is 0 Å². The molecule has 0 aromatic carbocycles. The molecule has 2 N–H and O–H groups in total. The standard InChI is InChI=1S/C12H15N5OS2/c1-7-16-17-12(20-7)15-10(18)9-6-19-11(14-9)13-8-4-2-3-5-8/h6,8H,2-5H2,1H3,(H,13,14)(H,15,17,18). The van der Waals surface area contributed by atoms with Crippen molar-refractivity contribution in [3.8, 4) is 0 Å². The Morgan fingerprint density at radius 3 is 2.80 bits per heavy atom. The third-order valence-corrected chi connectivity index (χ3v) is 4.69. The summed E-state index contributed by atoms with van der Waals surface area (Å²) >= 11 is 2.81. The molecule has 0 spiro atoms. The van der Waals surface area contributed by atoms with Crippen LogP contribution < -0.4 is 10.6 Å². The van der Waals surface area contributed by atoms with Crippen molar-refractivity contribution < 1.29 is 4.79 Å². The smallest absolute Gasteiger partial charge is 0.277 e. The Labute approximate surface area is 124 Å². The molecule has 0 aliphatic heterocycles. The maximum Gasteiger partial charge on any atom is 0.277 e. The molecule has 2 heterocycles. The Kier molecular flexibility index (Phi) is 3.93. The van der Waals surface area contributed by atoms with Crippen LogP contribution in [0.1, 0.15) is 41.2 Å². The number of nitrogens with one attached hydrogen (secondary N) is 2. The van der Waals surface area contributed by atoms with E-state index in [0.29, 0.717) is 16.9 Å². The lowest BCUT2D eigenvalue weighted by Crippen LogP contribution is -2.15. The molecule has 2 aromatic heterocycles. The van der Waals surface area contributed by atoms with Crippen LogP contribution in [0.25, 0.3) is 0 Å². The molecule has 0 radical (unpaired) electrons. The third-order valence-electron chi connectivity index (χ3n) is 3.17. The van der Waals surface area contributed by atoms with Crippen molar-refractivity contribution >= 4 is 38.8 Å². The number of aromatic nitrogens is 3. The van der Waals surface area contributed by atoms with Crippen molar-refractivity contribution in [2.24, 2.45) is 0 Å². The second-order valence-corrected chi connectivity index (χ2v) is 6.78. The van der Waals surface area contributed by atoms with E-state index in [1.54, 1.807) is 5.38 Å². The average molecular weight is 309 g/mol. The molecule has 1 saturated carbocycles. The summed E-state index contributed by atoms with van der Waals surface area (Å²) in [4.78, 5) is 16.3. The molecular formula is C12H15N5OS2. The molecule has 20 heavy (non-hydrogen) atoms. The molecule has 1 amide bonds. The number of anilines is 2. The molecule has 0 atom stereocenters. The molecular weight excluding hydrogens is 294 g/mol. The summed E-state index contributed by atoms with van der Waals surface area (Å²) < 4.78 is 0. The van der Waals surface area contributed by atoms with Crippen LogP contribution in [-0.4, -0.2) is 27.1 Å². The van der Waals surface area contributed by atoms with Gasteiger partial charge in [-0.1, -0.05) is 24.2 Å². The fourth-order valence-electron chi connectivity index (χ4n) is 2.20. The van der Waals surface area contributed by atoms with Gasteiger partial charge in [-0.25, -0.2) is 4.98 Å². The van der Waals surface area contributed by atoms with E-state index in [2.05, 4.69) is 25.8 Å². The van der Waals surface area contributed by atoms with Gasteiger partial charge in [0, 0.05) is 11.4 Å². The average Bonchev–Trinajstić information content (AvgIpc) is 3.12. The summed E-state index contributed by atoms with van der Waals surface area (Å²) in [7, 11) is 0. The minimum absolute atomic E-state index is 0.239. The Balaban J connectivity index is 1.62. The molecule has 6 nitrogen and oxygen atoms in total. The van der Waals surface area contributed by atoms with E-state index in [1.165, 1.54) is 48.4 Å². The Bertz CT molecular complexity index is 603. The number of nitrogens with zero attached hydrogens (tertiary/aromatic N) is 3. The van der Waals surface area contributed by atoms with Crippen LogP contribution in [0.4, 0.5) is 10.3 Å². The van der Waals surface area contributed by atoms with E-state index in [4.69, 9.17) is 0 Å². The summed E-state index contributed by atoms with van der Waals surface area (Å²) in [5, 5.41) is 17.7. The van der Waals surface area contributed by atoms with E-state index in [0.717, 1.165) is 10.1 Å². The summed E-state index contributed by atoms with van der Waals surface area (Å²) in [6.07, 6.45) is 4.91. The predicted octanol–water partition coefficient (Wildman–Crippen LogP) is 2.91. The van der Waals surface area contributed by atoms with Gasteiger partial charge in [0.15, 0.2) is 5.13 Å². The fraction of sp³-hybridized carbons (Fsp3) is 0.500. The highest BCUT2D eigenvalue weighted by Crippen LogP contribution is 2.24. The van der Waals surface area contributed by atoms with Crippen molar-refractivity contribution in [1.82, 2.24) is 15.2 Å². The highest BCUT2D eigenvalue weighted by atomic mass is 32.1. The Morgan fingerprint density at radius 1 is 1.30 bits per heavy atom. The molecule has 0 bridgehead atoms. The van der Waals surface area contributed by atoms with Crippen LogP contribution in [0.15, 0.2) is 5.38 Å². The van der Waals surface area contributed by atoms with Crippen molar-refractivity contribution in [3.05, 3.63) is 16.1 Å². The molecule has 8 heteroatoms. The lowest BCUT2D eigenvalue weighted by atomic mass is 10.3. The number of carbonyl (C=O) groups excluding carboxylic acids is 1. The third kappa shape index (κ3) is 3.13. The molecule has 3 rings (SSSR count). The lowest BCUT2D eigenvalue weighted by Gasteiger charge is -2.09. The van der Waals surface area contributed by atoms with Crippen molar-refractivity contribution in [2.45, 2.75) is 38.6 Å². The largest absolute Gasteiger partial charge is 0.359 e. The minimum atomic E-state index is -0.239. The Morgan fingerprint density at radius 2 is 2.10 bits per heavy atom. The van der Waals surface area contributed by atoms with Gasteiger partial charge in [0.05, 0.1) is 0 Å². The molecule has 1 aliphatic carbocycles. The van der Waals surface area contributed by atoms with Crippen molar-refractivity contribution in [3.63, 3.8) is 0 Å². The predicted molar refractivity (Wildman–Crippen MR) is 80.6 cm³/mol. The van der Waals surface area contributed by atoms with Crippen LogP contribution in [0.3, 0.4) is 0 Å². The minimum Gasteiger partial charge on any atom is -0.359 e. The molecule has 106 valence electrons. The first kappa shape index (κ1) is 13.4. The molecule has 1 aliphatic rings. The first-order valence-electron chi connectivity index (χ1n) is 6.54. The number of hydrogen-bond donors (Lipinski definition) is 2. The maximum absolute atomic E-state index is 12.0. The van der Waals surface area contributed by atoms with Crippen LogP contribution in [0.2, 0.25) is 0 Å². The topological polar surface area (TPSA) is 79.8 Å². The van der Waals surface area contributed by atoms with Gasteiger partial charge >= 0.3 is 0 Å². The summed E-state index contributed by atoms with van der Waals surface area (Å²) in [5.41, 5.74) is 0.420. The monoisotopic (exact) mass is 309 g/mol. The van der Waals surface area contributed by atoms with Crippen molar-refractivity contribution in [1.29, 1.82) is 0 Å². The SMILES string of the molecule is Cc1nnc(NC(=O)c2csc(NC3CCCC3)n2)s1. The lowest BCUT2D eigenvalue weighted by molar-refractivity contribution is 0.102. The zero-order valence-corrected chi connectivity index (χ0v) is 12.7. The van der Waals surface area contributed by atoms with Crippen LogP contribution in [-0.2, 0) is 0 Å². The van der Waals surface area contributed by atoms with Gasteiger partial charge in [0.1, 0.15) is 10.7 Å². The quantitative estimate of drug-likeness (QED) is 0.907. The zero-order valence-electron chi connectivity index (χ0n) is 11.0. The number of thiazole rings is 1. The van der Waals surface area contributed by atoms with E-state index >= 15 is 0 Å². The highest BCUT2D eigenvalue weighted by molar-refractivity contribution is 7.15. The zero-order chi connectivity index (χ0) is 13.9. The van der Waals surface area contributed by atoms with Gasteiger partial charge in [-0.05, 0) is 19.8 Å². The van der Waals surface area contributed by atoms with Crippen molar-refractivity contribution in [2.75, 3.05) is 10.6 Å². The number of rotatable bonds is 4. The second-order valence-electron chi connectivity index (χ2n) is 4.74. The van der Waals surface area contributed by atoms with E-state index < -0.39 is 0 Å². The molecule has 0 saturated heterocycles. The van der Waals surface area contributed by atoms with Gasteiger partial charge in [-0.2, -0.15) is 0 Å².